The number of aromatic nitrogens is 4. The van der Waals surface area contributed by atoms with E-state index in [0.29, 0.717) is 29.7 Å². The van der Waals surface area contributed by atoms with Crippen LogP contribution in [0, 0.1) is 0 Å². The number of anilines is 1. The van der Waals surface area contributed by atoms with Crippen molar-refractivity contribution in [2.75, 3.05) is 11.9 Å². The van der Waals surface area contributed by atoms with Crippen molar-refractivity contribution in [2.24, 2.45) is 0 Å². The number of nitrogens with zero attached hydrogens (tertiary/aromatic N) is 4. The highest BCUT2D eigenvalue weighted by Crippen LogP contribution is 2.16. The van der Waals surface area contributed by atoms with Gasteiger partial charge in [-0.2, -0.15) is 19.6 Å². The molecule has 0 aromatic carbocycles. The van der Waals surface area contributed by atoms with Crippen molar-refractivity contribution >= 4 is 29.1 Å². The third kappa shape index (κ3) is 1.89. The van der Waals surface area contributed by atoms with Gasteiger partial charge in [0.05, 0.1) is 6.04 Å². The maximum Gasteiger partial charge on any atom is 0.255 e. The number of nitrogens with one attached hydrogen (secondary N) is 2. The first-order chi connectivity index (χ1) is 8.22. The molecule has 1 aliphatic rings. The van der Waals surface area contributed by atoms with E-state index in [4.69, 9.17) is 11.6 Å². The van der Waals surface area contributed by atoms with E-state index in [-0.39, 0.29) is 11.9 Å². The maximum atomic E-state index is 11.1. The van der Waals surface area contributed by atoms with E-state index in [1.165, 1.54) is 6.33 Å². The number of carbonyl (C=O) groups is 1. The molecular formula is C9H9ClN6O. The van der Waals surface area contributed by atoms with Gasteiger partial charge in [0.2, 0.25) is 5.91 Å². The largest absolute Gasteiger partial charge is 0.365 e. The van der Waals surface area contributed by atoms with Crippen molar-refractivity contribution in [3.63, 3.8) is 0 Å². The summed E-state index contributed by atoms with van der Waals surface area (Å²) in [5.41, 5.74) is 0. The topological polar surface area (TPSA) is 84.2 Å². The van der Waals surface area contributed by atoms with Crippen LogP contribution in [0.2, 0.25) is 5.15 Å². The lowest BCUT2D eigenvalue weighted by molar-refractivity contribution is -0.119. The molecule has 1 unspecified atom stereocenters. The second-order valence-electron chi connectivity index (χ2n) is 3.79. The Kier molecular flexibility index (Phi) is 2.32. The summed E-state index contributed by atoms with van der Waals surface area (Å²) in [6, 6.07) is 1.69. The van der Waals surface area contributed by atoms with Crippen LogP contribution in [0.1, 0.15) is 6.42 Å². The third-order valence-corrected chi connectivity index (χ3v) is 2.74. The van der Waals surface area contributed by atoms with Crippen molar-refractivity contribution in [1.29, 1.82) is 0 Å². The van der Waals surface area contributed by atoms with Gasteiger partial charge in [0.15, 0.2) is 0 Å². The van der Waals surface area contributed by atoms with Gasteiger partial charge in [-0.05, 0) is 0 Å². The molecule has 2 aromatic rings. The van der Waals surface area contributed by atoms with E-state index < -0.39 is 0 Å². The number of halogens is 1. The van der Waals surface area contributed by atoms with Gasteiger partial charge in [0.25, 0.3) is 5.78 Å². The van der Waals surface area contributed by atoms with E-state index in [1.807, 2.05) is 0 Å². The molecule has 8 heteroatoms. The van der Waals surface area contributed by atoms with Crippen LogP contribution >= 0.6 is 11.6 Å². The van der Waals surface area contributed by atoms with E-state index >= 15 is 0 Å². The summed E-state index contributed by atoms with van der Waals surface area (Å²) in [5, 5.41) is 10.3. The molecule has 0 aliphatic carbocycles. The summed E-state index contributed by atoms with van der Waals surface area (Å²) in [7, 11) is 0. The zero-order valence-corrected chi connectivity index (χ0v) is 9.48. The number of amides is 1. The predicted octanol–water partition coefficient (Wildman–Crippen LogP) is 0.0781. The van der Waals surface area contributed by atoms with Crippen molar-refractivity contribution in [3.8, 4) is 0 Å². The van der Waals surface area contributed by atoms with Gasteiger partial charge in [0, 0.05) is 19.0 Å². The SMILES string of the molecule is O=C1CC(Nc2cc(Cl)nc3ncnn23)CN1. The van der Waals surface area contributed by atoms with Crippen LogP contribution in [0.4, 0.5) is 5.82 Å². The van der Waals surface area contributed by atoms with Crippen molar-refractivity contribution < 1.29 is 4.79 Å². The van der Waals surface area contributed by atoms with Crippen molar-refractivity contribution in [3.05, 3.63) is 17.5 Å². The average Bonchev–Trinajstić information content (AvgIpc) is 2.87. The molecular weight excluding hydrogens is 244 g/mol. The van der Waals surface area contributed by atoms with Crippen LogP contribution in [0.3, 0.4) is 0 Å². The monoisotopic (exact) mass is 252 g/mol. The molecule has 1 aliphatic heterocycles. The molecule has 0 saturated carbocycles. The predicted molar refractivity (Wildman–Crippen MR) is 60.8 cm³/mol. The summed E-state index contributed by atoms with van der Waals surface area (Å²) in [6.45, 7) is 0.592. The van der Waals surface area contributed by atoms with E-state index in [9.17, 15) is 4.79 Å². The molecule has 7 nitrogen and oxygen atoms in total. The van der Waals surface area contributed by atoms with Gasteiger partial charge in [-0.1, -0.05) is 11.6 Å². The molecule has 0 bridgehead atoms. The summed E-state index contributed by atoms with van der Waals surface area (Å²) in [5.74, 6) is 1.15. The Bertz CT molecular complexity index is 582. The highest BCUT2D eigenvalue weighted by molar-refractivity contribution is 6.29. The molecule has 0 spiro atoms. The third-order valence-electron chi connectivity index (χ3n) is 2.55. The molecule has 1 amide bonds. The van der Waals surface area contributed by atoms with Crippen LogP contribution in [-0.4, -0.2) is 38.1 Å². The zero-order chi connectivity index (χ0) is 11.8. The molecule has 3 heterocycles. The minimum atomic E-state index is 0.0355. The molecule has 3 rings (SSSR count). The second kappa shape index (κ2) is 3.85. The lowest BCUT2D eigenvalue weighted by atomic mass is 10.2. The lowest BCUT2D eigenvalue weighted by Gasteiger charge is -2.12. The molecule has 2 aromatic heterocycles. The number of hydrogen-bond acceptors (Lipinski definition) is 5. The Balaban J connectivity index is 1.93. The fourth-order valence-electron chi connectivity index (χ4n) is 1.80. The minimum Gasteiger partial charge on any atom is -0.365 e. The summed E-state index contributed by atoms with van der Waals surface area (Å²) in [4.78, 5) is 19.1. The maximum absolute atomic E-state index is 11.1. The molecule has 1 saturated heterocycles. The van der Waals surface area contributed by atoms with Crippen LogP contribution < -0.4 is 10.6 Å². The summed E-state index contributed by atoms with van der Waals surface area (Å²) < 4.78 is 1.55. The van der Waals surface area contributed by atoms with Gasteiger partial charge >= 0.3 is 0 Å². The van der Waals surface area contributed by atoms with Gasteiger partial charge in [-0.15, -0.1) is 0 Å². The Hall–Kier alpha value is -1.89. The standard InChI is InChI=1S/C9H9ClN6O/c10-6-2-7(14-5-1-8(17)11-3-5)16-9(15-6)12-4-13-16/h2,4-5,14H,1,3H2,(H,11,17). The molecule has 0 radical (unpaired) electrons. The molecule has 1 fully saturated rings. The first-order valence-electron chi connectivity index (χ1n) is 5.12. The van der Waals surface area contributed by atoms with Gasteiger partial charge in [-0.3, -0.25) is 4.79 Å². The Morgan fingerprint density at radius 3 is 3.24 bits per heavy atom. The minimum absolute atomic E-state index is 0.0355. The van der Waals surface area contributed by atoms with E-state index in [0.717, 1.165) is 0 Å². The average molecular weight is 253 g/mol. The zero-order valence-electron chi connectivity index (χ0n) is 8.72. The summed E-state index contributed by atoms with van der Waals surface area (Å²) in [6.07, 6.45) is 1.85. The summed E-state index contributed by atoms with van der Waals surface area (Å²) >= 11 is 5.88. The second-order valence-corrected chi connectivity index (χ2v) is 4.17. The van der Waals surface area contributed by atoms with Gasteiger partial charge in [-0.25, -0.2) is 0 Å². The normalized spacial score (nSPS) is 19.6. The van der Waals surface area contributed by atoms with Crippen molar-refractivity contribution in [1.82, 2.24) is 24.9 Å². The van der Waals surface area contributed by atoms with Crippen LogP contribution in [0.25, 0.3) is 5.78 Å². The van der Waals surface area contributed by atoms with E-state index in [2.05, 4.69) is 25.7 Å². The fourth-order valence-corrected chi connectivity index (χ4v) is 1.98. The van der Waals surface area contributed by atoms with Gasteiger partial charge in [0.1, 0.15) is 17.3 Å². The Morgan fingerprint density at radius 1 is 1.59 bits per heavy atom. The fraction of sp³-hybridized carbons (Fsp3) is 0.333. The van der Waals surface area contributed by atoms with Crippen molar-refractivity contribution in [2.45, 2.75) is 12.5 Å². The number of hydrogen-bond donors (Lipinski definition) is 2. The lowest BCUT2D eigenvalue weighted by Crippen LogP contribution is -2.23. The molecule has 88 valence electrons. The molecule has 2 N–H and O–H groups in total. The molecule has 17 heavy (non-hydrogen) atoms. The highest BCUT2D eigenvalue weighted by atomic mass is 35.5. The Morgan fingerprint density at radius 2 is 2.47 bits per heavy atom. The Labute approximate surface area is 101 Å². The van der Waals surface area contributed by atoms with Crippen LogP contribution in [-0.2, 0) is 4.79 Å². The number of fused-ring (bicyclic) bond motifs is 1. The smallest absolute Gasteiger partial charge is 0.255 e. The van der Waals surface area contributed by atoms with E-state index in [1.54, 1.807) is 10.6 Å². The quantitative estimate of drug-likeness (QED) is 0.740. The first kappa shape index (κ1) is 10.3. The number of rotatable bonds is 2. The molecule has 1 atom stereocenters. The first-order valence-corrected chi connectivity index (χ1v) is 5.50. The van der Waals surface area contributed by atoms with Gasteiger partial charge < -0.3 is 10.6 Å². The van der Waals surface area contributed by atoms with Crippen LogP contribution in [0.15, 0.2) is 12.4 Å². The van der Waals surface area contributed by atoms with Crippen LogP contribution in [0.5, 0.6) is 0 Å². The highest BCUT2D eigenvalue weighted by Gasteiger charge is 2.22. The number of carbonyl (C=O) groups excluding carboxylic acids is 1.